The standard InChI is InChI=1S/C12H16ClFN2O/c13-9-4-5-10(15)12(11(9)14)16(6-7-17)8-2-1-3-8/h4-5,8,17H,1-3,6-7,15H2. The molecule has 0 radical (unpaired) electrons. The van der Waals surface area contributed by atoms with Crippen LogP contribution in [0.3, 0.4) is 0 Å². The Morgan fingerprint density at radius 3 is 2.71 bits per heavy atom. The number of hydrogen-bond donors (Lipinski definition) is 2. The summed E-state index contributed by atoms with van der Waals surface area (Å²) in [6, 6.07) is 3.31. The van der Waals surface area contributed by atoms with E-state index in [1.54, 1.807) is 6.07 Å². The number of hydrogen-bond acceptors (Lipinski definition) is 3. The van der Waals surface area contributed by atoms with Gasteiger partial charge in [0.05, 0.1) is 23.0 Å². The number of nitrogen functional groups attached to an aromatic ring is 1. The van der Waals surface area contributed by atoms with Crippen LogP contribution in [0, 0.1) is 5.82 Å². The summed E-state index contributed by atoms with van der Waals surface area (Å²) in [4.78, 5) is 1.83. The quantitative estimate of drug-likeness (QED) is 0.816. The smallest absolute Gasteiger partial charge is 0.167 e. The molecule has 0 saturated heterocycles. The van der Waals surface area contributed by atoms with Gasteiger partial charge in [-0.1, -0.05) is 11.6 Å². The van der Waals surface area contributed by atoms with Crippen molar-refractivity contribution in [3.63, 3.8) is 0 Å². The van der Waals surface area contributed by atoms with Gasteiger partial charge in [-0.05, 0) is 31.4 Å². The van der Waals surface area contributed by atoms with Crippen molar-refractivity contribution in [3.05, 3.63) is 23.0 Å². The number of nitrogens with zero attached hydrogens (tertiary/aromatic N) is 1. The van der Waals surface area contributed by atoms with E-state index in [-0.39, 0.29) is 17.7 Å². The van der Waals surface area contributed by atoms with Gasteiger partial charge in [0, 0.05) is 12.6 Å². The molecule has 3 nitrogen and oxygen atoms in total. The first-order chi connectivity index (χ1) is 8.15. The maximum Gasteiger partial charge on any atom is 0.167 e. The van der Waals surface area contributed by atoms with Crippen LogP contribution in [0.4, 0.5) is 15.8 Å². The normalized spacial score (nSPS) is 15.7. The summed E-state index contributed by atoms with van der Waals surface area (Å²) in [5, 5.41) is 9.15. The van der Waals surface area contributed by atoms with Crippen molar-refractivity contribution in [1.82, 2.24) is 0 Å². The van der Waals surface area contributed by atoms with E-state index in [2.05, 4.69) is 0 Å². The first-order valence-corrected chi connectivity index (χ1v) is 6.14. The molecule has 0 bridgehead atoms. The third-order valence-corrected chi connectivity index (χ3v) is 3.54. The molecule has 94 valence electrons. The van der Waals surface area contributed by atoms with Gasteiger partial charge in [-0.25, -0.2) is 4.39 Å². The van der Waals surface area contributed by atoms with Gasteiger partial charge in [0.15, 0.2) is 5.82 Å². The molecule has 3 N–H and O–H groups in total. The van der Waals surface area contributed by atoms with E-state index >= 15 is 0 Å². The molecule has 0 aromatic heterocycles. The second-order valence-corrected chi connectivity index (χ2v) is 4.71. The van der Waals surface area contributed by atoms with Crippen LogP contribution in [0.25, 0.3) is 0 Å². The Balaban J connectivity index is 2.37. The predicted octanol–water partition coefficient (Wildman–Crippen LogP) is 2.41. The van der Waals surface area contributed by atoms with Crippen molar-refractivity contribution in [2.45, 2.75) is 25.3 Å². The van der Waals surface area contributed by atoms with Crippen LogP contribution in [0.1, 0.15) is 19.3 Å². The van der Waals surface area contributed by atoms with Crippen LogP contribution in [0.15, 0.2) is 12.1 Å². The van der Waals surface area contributed by atoms with Crippen LogP contribution < -0.4 is 10.6 Å². The van der Waals surface area contributed by atoms with Gasteiger partial charge in [-0.3, -0.25) is 0 Å². The number of benzene rings is 1. The summed E-state index contributed by atoms with van der Waals surface area (Å²) in [7, 11) is 0. The molecule has 0 amide bonds. The summed E-state index contributed by atoms with van der Waals surface area (Å²) >= 11 is 5.78. The molecule has 0 atom stereocenters. The molecule has 0 unspecified atom stereocenters. The van der Waals surface area contributed by atoms with Gasteiger partial charge >= 0.3 is 0 Å². The highest BCUT2D eigenvalue weighted by molar-refractivity contribution is 6.31. The monoisotopic (exact) mass is 258 g/mol. The molecule has 1 aromatic rings. The van der Waals surface area contributed by atoms with Crippen LogP contribution in [0.2, 0.25) is 5.02 Å². The van der Waals surface area contributed by atoms with E-state index in [0.29, 0.717) is 17.9 Å². The Labute approximate surface area is 105 Å². The zero-order valence-electron chi connectivity index (χ0n) is 9.50. The van der Waals surface area contributed by atoms with Crippen LogP contribution in [-0.2, 0) is 0 Å². The Morgan fingerprint density at radius 2 is 2.18 bits per heavy atom. The van der Waals surface area contributed by atoms with E-state index in [1.807, 2.05) is 4.90 Å². The van der Waals surface area contributed by atoms with Crippen molar-refractivity contribution in [3.8, 4) is 0 Å². The highest BCUT2D eigenvalue weighted by atomic mass is 35.5. The van der Waals surface area contributed by atoms with Gasteiger partial charge in [0.1, 0.15) is 0 Å². The lowest BCUT2D eigenvalue weighted by atomic mass is 9.91. The van der Waals surface area contributed by atoms with E-state index in [1.165, 1.54) is 6.07 Å². The Bertz CT molecular complexity index is 410. The molecule has 1 aromatic carbocycles. The molecule has 1 aliphatic rings. The molecule has 5 heteroatoms. The largest absolute Gasteiger partial charge is 0.397 e. The second-order valence-electron chi connectivity index (χ2n) is 4.30. The fourth-order valence-electron chi connectivity index (χ4n) is 2.13. The zero-order chi connectivity index (χ0) is 12.4. The molecule has 0 spiro atoms. The van der Waals surface area contributed by atoms with Gasteiger partial charge < -0.3 is 15.7 Å². The third kappa shape index (κ3) is 2.33. The minimum atomic E-state index is -0.494. The Hall–Kier alpha value is -1.00. The fourth-order valence-corrected chi connectivity index (χ4v) is 2.28. The van der Waals surface area contributed by atoms with Gasteiger partial charge in [0.25, 0.3) is 0 Å². The molecule has 1 aliphatic carbocycles. The molecular formula is C12H16ClFN2O. The lowest BCUT2D eigenvalue weighted by Crippen LogP contribution is -2.42. The highest BCUT2D eigenvalue weighted by Gasteiger charge is 2.28. The molecule has 1 saturated carbocycles. The average molecular weight is 259 g/mol. The topological polar surface area (TPSA) is 49.5 Å². The predicted molar refractivity (Wildman–Crippen MR) is 67.9 cm³/mol. The number of aliphatic hydroxyl groups is 1. The Kier molecular flexibility index (Phi) is 3.74. The van der Waals surface area contributed by atoms with E-state index in [9.17, 15) is 4.39 Å². The van der Waals surface area contributed by atoms with E-state index in [4.69, 9.17) is 22.4 Å². The van der Waals surface area contributed by atoms with Crippen LogP contribution in [0.5, 0.6) is 0 Å². The highest BCUT2D eigenvalue weighted by Crippen LogP contribution is 2.37. The van der Waals surface area contributed by atoms with Gasteiger partial charge in [-0.2, -0.15) is 0 Å². The summed E-state index contributed by atoms with van der Waals surface area (Å²) < 4.78 is 14.0. The first-order valence-electron chi connectivity index (χ1n) is 5.76. The molecule has 2 rings (SSSR count). The summed E-state index contributed by atoms with van der Waals surface area (Å²) in [5.74, 6) is -0.494. The maximum atomic E-state index is 14.0. The second kappa shape index (κ2) is 5.10. The van der Waals surface area contributed by atoms with Crippen LogP contribution >= 0.6 is 11.6 Å². The number of rotatable bonds is 4. The van der Waals surface area contributed by atoms with Crippen molar-refractivity contribution in [1.29, 1.82) is 0 Å². The van der Waals surface area contributed by atoms with E-state index in [0.717, 1.165) is 19.3 Å². The molecule has 1 fully saturated rings. The average Bonchev–Trinajstić information content (AvgIpc) is 2.22. The van der Waals surface area contributed by atoms with E-state index < -0.39 is 5.82 Å². The number of halogens is 2. The lowest BCUT2D eigenvalue weighted by Gasteiger charge is -2.39. The number of aliphatic hydroxyl groups excluding tert-OH is 1. The summed E-state index contributed by atoms with van der Waals surface area (Å²) in [6.45, 7) is 0.355. The zero-order valence-corrected chi connectivity index (χ0v) is 10.3. The molecular weight excluding hydrogens is 243 g/mol. The van der Waals surface area contributed by atoms with Crippen molar-refractivity contribution in [2.24, 2.45) is 0 Å². The molecule has 0 heterocycles. The minimum Gasteiger partial charge on any atom is -0.397 e. The molecule has 0 aliphatic heterocycles. The summed E-state index contributed by atoms with van der Waals surface area (Å²) in [5.41, 5.74) is 6.51. The minimum absolute atomic E-state index is 0.0259. The van der Waals surface area contributed by atoms with Crippen molar-refractivity contribution in [2.75, 3.05) is 23.8 Å². The third-order valence-electron chi connectivity index (χ3n) is 3.24. The summed E-state index contributed by atoms with van der Waals surface area (Å²) in [6.07, 6.45) is 3.14. The maximum absolute atomic E-state index is 14.0. The SMILES string of the molecule is Nc1ccc(Cl)c(F)c1N(CCO)C1CCC1. The van der Waals surface area contributed by atoms with Crippen LogP contribution in [-0.4, -0.2) is 24.3 Å². The van der Waals surface area contributed by atoms with Crippen molar-refractivity contribution < 1.29 is 9.50 Å². The van der Waals surface area contributed by atoms with Gasteiger partial charge in [0.2, 0.25) is 0 Å². The first kappa shape index (κ1) is 12.5. The fraction of sp³-hybridized carbons (Fsp3) is 0.500. The van der Waals surface area contributed by atoms with Gasteiger partial charge in [-0.15, -0.1) is 0 Å². The molecule has 17 heavy (non-hydrogen) atoms. The number of anilines is 2. The van der Waals surface area contributed by atoms with Crippen molar-refractivity contribution >= 4 is 23.0 Å². The number of nitrogens with two attached hydrogens (primary N) is 1. The lowest BCUT2D eigenvalue weighted by molar-refractivity contribution is 0.283. The Morgan fingerprint density at radius 1 is 1.47 bits per heavy atom.